The molecule has 10 nitrogen and oxygen atoms in total. The number of carbonyl (C=O) groups is 3. The average molecular weight is 394 g/mol. The van der Waals surface area contributed by atoms with Crippen molar-refractivity contribution < 1.29 is 19.1 Å². The molecule has 148 valence electrons. The van der Waals surface area contributed by atoms with Crippen molar-refractivity contribution in [2.24, 2.45) is 0 Å². The molecule has 0 aliphatic carbocycles. The molecule has 1 N–H and O–H groups in total. The van der Waals surface area contributed by atoms with Crippen LogP contribution in [0, 0.1) is 0 Å². The highest BCUT2D eigenvalue weighted by atomic mass is 16.5. The minimum atomic E-state index is -0.629. The number of amides is 2. The van der Waals surface area contributed by atoms with Crippen LogP contribution in [-0.2, 0) is 9.53 Å². The number of anilines is 1. The van der Waals surface area contributed by atoms with Crippen LogP contribution in [0.25, 0.3) is 5.69 Å². The lowest BCUT2D eigenvalue weighted by Crippen LogP contribution is -2.22. The first-order chi connectivity index (χ1) is 13.9. The molecule has 1 heterocycles. The second-order valence-corrected chi connectivity index (χ2v) is 6.20. The van der Waals surface area contributed by atoms with Crippen LogP contribution in [-0.4, -0.2) is 63.6 Å². The zero-order valence-electron chi connectivity index (χ0n) is 15.8. The summed E-state index contributed by atoms with van der Waals surface area (Å²) in [6, 6.07) is 12.8. The number of aromatic nitrogens is 4. The normalized spacial score (nSPS) is 10.3. The molecule has 29 heavy (non-hydrogen) atoms. The Morgan fingerprint density at radius 1 is 1.00 bits per heavy atom. The van der Waals surface area contributed by atoms with Crippen LogP contribution >= 0.6 is 0 Å². The zero-order chi connectivity index (χ0) is 20.8. The topological polar surface area (TPSA) is 119 Å². The predicted molar refractivity (Wildman–Crippen MR) is 103 cm³/mol. The molecule has 3 aromatic rings. The summed E-state index contributed by atoms with van der Waals surface area (Å²) in [6.07, 6.45) is 1.43. The Bertz CT molecular complexity index is 998. The Hall–Kier alpha value is -4.08. The second-order valence-electron chi connectivity index (χ2n) is 6.20. The summed E-state index contributed by atoms with van der Waals surface area (Å²) < 4.78 is 6.47. The summed E-state index contributed by atoms with van der Waals surface area (Å²) >= 11 is 0. The quantitative estimate of drug-likeness (QED) is 0.623. The number of carbonyl (C=O) groups excluding carboxylic acids is 3. The van der Waals surface area contributed by atoms with Crippen LogP contribution in [0.3, 0.4) is 0 Å². The Morgan fingerprint density at radius 3 is 2.24 bits per heavy atom. The minimum absolute atomic E-state index is 0.136. The van der Waals surface area contributed by atoms with Crippen LogP contribution in [0.4, 0.5) is 5.69 Å². The minimum Gasteiger partial charge on any atom is -0.452 e. The molecule has 0 aliphatic rings. The molecule has 0 saturated heterocycles. The van der Waals surface area contributed by atoms with E-state index in [-0.39, 0.29) is 5.91 Å². The number of tetrazole rings is 1. The van der Waals surface area contributed by atoms with E-state index in [9.17, 15) is 14.4 Å². The Kier molecular flexibility index (Phi) is 5.93. The number of nitrogens with zero attached hydrogens (tertiary/aromatic N) is 5. The smallest absolute Gasteiger partial charge is 0.338 e. The fourth-order valence-corrected chi connectivity index (χ4v) is 2.40. The van der Waals surface area contributed by atoms with Crippen molar-refractivity contribution in [1.82, 2.24) is 25.1 Å². The fraction of sp³-hybridized carbons (Fsp3) is 0.158. The largest absolute Gasteiger partial charge is 0.452 e. The summed E-state index contributed by atoms with van der Waals surface area (Å²) in [5.41, 5.74) is 1.97. The van der Waals surface area contributed by atoms with Gasteiger partial charge in [-0.2, -0.15) is 0 Å². The number of esters is 1. The van der Waals surface area contributed by atoms with Crippen molar-refractivity contribution in [2.75, 3.05) is 26.0 Å². The maximum absolute atomic E-state index is 12.1. The first-order valence-corrected chi connectivity index (χ1v) is 8.56. The summed E-state index contributed by atoms with van der Waals surface area (Å²) in [5, 5.41) is 13.4. The van der Waals surface area contributed by atoms with Gasteiger partial charge in [0.25, 0.3) is 11.8 Å². The number of nitrogens with one attached hydrogen (secondary N) is 1. The molecule has 0 aliphatic heterocycles. The Morgan fingerprint density at radius 2 is 1.66 bits per heavy atom. The Balaban J connectivity index is 1.51. The van der Waals surface area contributed by atoms with Gasteiger partial charge >= 0.3 is 5.97 Å². The van der Waals surface area contributed by atoms with E-state index in [4.69, 9.17) is 4.74 Å². The molecular formula is C19H18N6O4. The van der Waals surface area contributed by atoms with E-state index < -0.39 is 18.5 Å². The van der Waals surface area contributed by atoms with E-state index in [1.165, 1.54) is 15.9 Å². The van der Waals surface area contributed by atoms with Crippen LogP contribution in [0.15, 0.2) is 54.9 Å². The third-order valence-electron chi connectivity index (χ3n) is 3.87. The van der Waals surface area contributed by atoms with Crippen molar-refractivity contribution in [2.45, 2.75) is 0 Å². The highest BCUT2D eigenvalue weighted by molar-refractivity contribution is 5.97. The van der Waals surface area contributed by atoms with E-state index in [0.717, 1.165) is 0 Å². The maximum atomic E-state index is 12.1. The molecule has 0 unspecified atom stereocenters. The highest BCUT2D eigenvalue weighted by Crippen LogP contribution is 2.12. The molecule has 0 bridgehead atoms. The molecular weight excluding hydrogens is 376 g/mol. The average Bonchev–Trinajstić information content (AvgIpc) is 3.27. The van der Waals surface area contributed by atoms with Gasteiger partial charge < -0.3 is 15.0 Å². The van der Waals surface area contributed by atoms with Crippen molar-refractivity contribution in [3.8, 4) is 5.69 Å². The SMILES string of the molecule is CN(C)C(=O)c1ccc(NC(=O)COC(=O)c2ccc(-n3cnnn3)cc2)cc1. The molecule has 0 atom stereocenters. The van der Waals surface area contributed by atoms with Gasteiger partial charge in [-0.3, -0.25) is 9.59 Å². The Labute approximate surface area is 166 Å². The molecule has 10 heteroatoms. The third kappa shape index (κ3) is 5.01. The molecule has 3 rings (SSSR count). The van der Waals surface area contributed by atoms with E-state index >= 15 is 0 Å². The first kappa shape index (κ1) is 19.7. The number of rotatable bonds is 6. The molecule has 0 spiro atoms. The van der Waals surface area contributed by atoms with Crippen molar-refractivity contribution in [1.29, 1.82) is 0 Å². The molecule has 0 saturated carbocycles. The van der Waals surface area contributed by atoms with Crippen molar-refractivity contribution in [3.05, 3.63) is 66.0 Å². The van der Waals surface area contributed by atoms with Gasteiger partial charge in [0.15, 0.2) is 6.61 Å². The number of benzene rings is 2. The van der Waals surface area contributed by atoms with E-state index in [1.54, 1.807) is 62.6 Å². The lowest BCUT2D eigenvalue weighted by Gasteiger charge is -2.11. The number of hydrogen-bond donors (Lipinski definition) is 1. The predicted octanol–water partition coefficient (Wildman–Crippen LogP) is 1.16. The van der Waals surface area contributed by atoms with Gasteiger partial charge in [0, 0.05) is 25.3 Å². The van der Waals surface area contributed by atoms with Gasteiger partial charge in [0.2, 0.25) is 0 Å². The third-order valence-corrected chi connectivity index (χ3v) is 3.87. The molecule has 1 aromatic heterocycles. The van der Waals surface area contributed by atoms with E-state index in [1.807, 2.05) is 0 Å². The first-order valence-electron chi connectivity index (χ1n) is 8.56. The van der Waals surface area contributed by atoms with Gasteiger partial charge in [-0.1, -0.05) is 0 Å². The van der Waals surface area contributed by atoms with Gasteiger partial charge in [-0.05, 0) is 59.0 Å². The fourth-order valence-electron chi connectivity index (χ4n) is 2.40. The highest BCUT2D eigenvalue weighted by Gasteiger charge is 2.12. The number of hydrogen-bond acceptors (Lipinski definition) is 7. The lowest BCUT2D eigenvalue weighted by atomic mass is 10.2. The second kappa shape index (κ2) is 8.74. The summed E-state index contributed by atoms with van der Waals surface area (Å²) in [5.74, 6) is -1.26. The van der Waals surface area contributed by atoms with Gasteiger partial charge in [-0.25, -0.2) is 9.48 Å². The van der Waals surface area contributed by atoms with Crippen LogP contribution in [0.5, 0.6) is 0 Å². The van der Waals surface area contributed by atoms with Crippen molar-refractivity contribution >= 4 is 23.5 Å². The standard InChI is InChI=1S/C19H18N6O4/c1-24(2)18(27)13-3-7-15(8-4-13)21-17(26)11-29-19(28)14-5-9-16(10-6-14)25-12-20-22-23-25/h3-10,12H,11H2,1-2H3,(H,21,26). The van der Waals surface area contributed by atoms with Crippen LogP contribution in [0.1, 0.15) is 20.7 Å². The summed E-state index contributed by atoms with van der Waals surface area (Å²) in [7, 11) is 3.32. The van der Waals surface area contributed by atoms with Gasteiger partial charge in [0.05, 0.1) is 11.3 Å². The molecule has 2 aromatic carbocycles. The summed E-state index contributed by atoms with van der Waals surface area (Å²) in [6.45, 7) is -0.439. The zero-order valence-corrected chi connectivity index (χ0v) is 15.8. The van der Waals surface area contributed by atoms with Crippen LogP contribution < -0.4 is 5.32 Å². The molecule has 2 amide bonds. The van der Waals surface area contributed by atoms with Gasteiger partial charge in [-0.15, -0.1) is 5.10 Å². The monoisotopic (exact) mass is 394 g/mol. The van der Waals surface area contributed by atoms with E-state index in [0.29, 0.717) is 22.5 Å². The van der Waals surface area contributed by atoms with Crippen molar-refractivity contribution in [3.63, 3.8) is 0 Å². The lowest BCUT2D eigenvalue weighted by molar-refractivity contribution is -0.119. The summed E-state index contributed by atoms with van der Waals surface area (Å²) in [4.78, 5) is 37.4. The van der Waals surface area contributed by atoms with E-state index in [2.05, 4.69) is 20.8 Å². The van der Waals surface area contributed by atoms with Gasteiger partial charge in [0.1, 0.15) is 6.33 Å². The van der Waals surface area contributed by atoms with Crippen LogP contribution in [0.2, 0.25) is 0 Å². The number of ether oxygens (including phenoxy) is 1. The maximum Gasteiger partial charge on any atom is 0.338 e. The molecule has 0 radical (unpaired) electrons. The molecule has 0 fully saturated rings.